The molecule has 2 rings (SSSR count). The molecule has 0 aliphatic heterocycles. The predicted octanol–water partition coefficient (Wildman–Crippen LogP) is 4.17. The summed E-state index contributed by atoms with van der Waals surface area (Å²) in [6.45, 7) is 2.93. The molecule has 0 aliphatic rings. The Bertz CT molecular complexity index is 793. The molecule has 0 saturated carbocycles. The van der Waals surface area contributed by atoms with Crippen LogP contribution in [0.2, 0.25) is 10.0 Å². The molecule has 5 nitrogen and oxygen atoms in total. The third kappa shape index (κ3) is 5.96. The molecule has 0 radical (unpaired) electrons. The molecule has 0 spiro atoms. The number of benzene rings is 2. The molecule has 132 valence electrons. The minimum absolute atomic E-state index is 0.296. The molecular weight excluding hydrogens is 365 g/mol. The summed E-state index contributed by atoms with van der Waals surface area (Å²) < 4.78 is 10.3. The summed E-state index contributed by atoms with van der Waals surface area (Å²) in [6.07, 6.45) is 0. The van der Waals surface area contributed by atoms with Gasteiger partial charge in [-0.15, -0.1) is 0 Å². The summed E-state index contributed by atoms with van der Waals surface area (Å²) in [5.41, 5.74) is 2.23. The molecule has 1 N–H and O–H groups in total. The lowest BCUT2D eigenvalue weighted by atomic mass is 10.2. The molecule has 7 heteroatoms. The van der Waals surface area contributed by atoms with Gasteiger partial charge in [0.05, 0.1) is 0 Å². The lowest BCUT2D eigenvalue weighted by Crippen LogP contribution is -2.24. The molecule has 1 amide bonds. The van der Waals surface area contributed by atoms with Crippen LogP contribution in [0.15, 0.2) is 36.4 Å². The smallest absolute Gasteiger partial charge is 0.344 e. The van der Waals surface area contributed by atoms with Crippen LogP contribution in [0.25, 0.3) is 0 Å². The van der Waals surface area contributed by atoms with Gasteiger partial charge in [-0.05, 0) is 61.4 Å². The molecule has 0 heterocycles. The van der Waals surface area contributed by atoms with Crippen molar-refractivity contribution in [2.45, 2.75) is 13.8 Å². The molecule has 0 bridgehead atoms. The zero-order chi connectivity index (χ0) is 18.4. The van der Waals surface area contributed by atoms with Crippen LogP contribution in [0.1, 0.15) is 11.1 Å². The van der Waals surface area contributed by atoms with Gasteiger partial charge in [-0.3, -0.25) is 4.79 Å². The molecule has 2 aromatic rings. The van der Waals surface area contributed by atoms with Gasteiger partial charge in [0.1, 0.15) is 5.75 Å². The predicted molar refractivity (Wildman–Crippen MR) is 97.5 cm³/mol. The van der Waals surface area contributed by atoms with E-state index in [1.165, 1.54) is 0 Å². The second-order valence-electron chi connectivity index (χ2n) is 5.37. The number of hydrogen-bond acceptors (Lipinski definition) is 4. The number of nitrogens with one attached hydrogen (secondary N) is 1. The van der Waals surface area contributed by atoms with Crippen molar-refractivity contribution in [2.75, 3.05) is 18.5 Å². The SMILES string of the molecule is Cc1cc(Cl)ccc1NC(=O)COC(=O)COc1ccc(Cl)cc1C. The van der Waals surface area contributed by atoms with Gasteiger partial charge in [0.15, 0.2) is 13.2 Å². The number of halogens is 2. The van der Waals surface area contributed by atoms with Gasteiger partial charge in [0.25, 0.3) is 5.91 Å². The van der Waals surface area contributed by atoms with Gasteiger partial charge in [-0.25, -0.2) is 4.79 Å². The lowest BCUT2D eigenvalue weighted by molar-refractivity contribution is -0.149. The summed E-state index contributed by atoms with van der Waals surface area (Å²) in [7, 11) is 0. The van der Waals surface area contributed by atoms with Gasteiger partial charge in [-0.1, -0.05) is 23.2 Å². The quantitative estimate of drug-likeness (QED) is 0.762. The Morgan fingerprint density at radius 2 is 1.60 bits per heavy atom. The standard InChI is InChI=1S/C18H17Cl2NO4/c1-11-7-13(19)3-5-15(11)21-17(22)9-25-18(23)10-24-16-6-4-14(20)8-12(16)2/h3-8H,9-10H2,1-2H3,(H,21,22). The normalized spacial score (nSPS) is 10.2. The molecule has 0 aromatic heterocycles. The zero-order valence-corrected chi connectivity index (χ0v) is 15.3. The molecule has 0 aliphatic carbocycles. The fourth-order valence-corrected chi connectivity index (χ4v) is 2.51. The first kappa shape index (κ1) is 19.1. The summed E-state index contributed by atoms with van der Waals surface area (Å²) in [6, 6.07) is 10.1. The van der Waals surface area contributed by atoms with Crippen LogP contribution >= 0.6 is 23.2 Å². The van der Waals surface area contributed by atoms with Crippen LogP contribution in [0.4, 0.5) is 5.69 Å². The van der Waals surface area contributed by atoms with Gasteiger partial charge in [0.2, 0.25) is 0 Å². The number of carbonyl (C=O) groups is 2. The highest BCUT2D eigenvalue weighted by molar-refractivity contribution is 6.31. The van der Waals surface area contributed by atoms with E-state index in [1.54, 1.807) is 36.4 Å². The van der Waals surface area contributed by atoms with Crippen molar-refractivity contribution in [3.8, 4) is 5.75 Å². The molecule has 2 aromatic carbocycles. The van der Waals surface area contributed by atoms with Gasteiger partial charge in [-0.2, -0.15) is 0 Å². The minimum Gasteiger partial charge on any atom is -0.482 e. The topological polar surface area (TPSA) is 64.6 Å². The fourth-order valence-electron chi connectivity index (χ4n) is 2.05. The molecular formula is C18H17Cl2NO4. The van der Waals surface area contributed by atoms with Crippen molar-refractivity contribution in [3.63, 3.8) is 0 Å². The maximum atomic E-state index is 11.8. The second-order valence-corrected chi connectivity index (χ2v) is 6.24. The largest absolute Gasteiger partial charge is 0.482 e. The first-order valence-corrected chi connectivity index (χ1v) is 8.21. The number of aryl methyl sites for hydroxylation is 2. The zero-order valence-electron chi connectivity index (χ0n) is 13.8. The number of ether oxygens (including phenoxy) is 2. The Morgan fingerprint density at radius 3 is 2.24 bits per heavy atom. The van der Waals surface area contributed by atoms with E-state index in [0.717, 1.165) is 11.1 Å². The highest BCUT2D eigenvalue weighted by atomic mass is 35.5. The van der Waals surface area contributed by atoms with E-state index in [4.69, 9.17) is 32.7 Å². The summed E-state index contributed by atoms with van der Waals surface area (Å²) in [5, 5.41) is 3.82. The summed E-state index contributed by atoms with van der Waals surface area (Å²) in [4.78, 5) is 23.5. The van der Waals surface area contributed by atoms with Crippen molar-refractivity contribution in [1.82, 2.24) is 0 Å². The van der Waals surface area contributed by atoms with Crippen LogP contribution in [-0.4, -0.2) is 25.1 Å². The van der Waals surface area contributed by atoms with Crippen LogP contribution in [0.3, 0.4) is 0 Å². The van der Waals surface area contributed by atoms with E-state index < -0.39 is 18.5 Å². The van der Waals surface area contributed by atoms with E-state index in [1.807, 2.05) is 13.8 Å². The van der Waals surface area contributed by atoms with Crippen LogP contribution in [-0.2, 0) is 14.3 Å². The van der Waals surface area contributed by atoms with Crippen molar-refractivity contribution in [2.24, 2.45) is 0 Å². The molecule has 25 heavy (non-hydrogen) atoms. The van der Waals surface area contributed by atoms with E-state index in [-0.39, 0.29) is 6.61 Å². The third-order valence-electron chi connectivity index (χ3n) is 3.31. The van der Waals surface area contributed by atoms with E-state index in [2.05, 4.69) is 5.32 Å². The van der Waals surface area contributed by atoms with Crippen LogP contribution < -0.4 is 10.1 Å². The summed E-state index contributed by atoms with van der Waals surface area (Å²) >= 11 is 11.7. The van der Waals surface area contributed by atoms with Crippen molar-refractivity contribution in [1.29, 1.82) is 0 Å². The van der Waals surface area contributed by atoms with E-state index in [9.17, 15) is 9.59 Å². The Kier molecular flexibility index (Phi) is 6.67. The van der Waals surface area contributed by atoms with Crippen molar-refractivity contribution >= 4 is 40.8 Å². The third-order valence-corrected chi connectivity index (χ3v) is 3.78. The van der Waals surface area contributed by atoms with Crippen LogP contribution in [0, 0.1) is 13.8 Å². The number of carbonyl (C=O) groups excluding carboxylic acids is 2. The average Bonchev–Trinajstić information content (AvgIpc) is 2.55. The monoisotopic (exact) mass is 381 g/mol. The Hall–Kier alpha value is -2.24. The Balaban J connectivity index is 1.78. The van der Waals surface area contributed by atoms with E-state index >= 15 is 0 Å². The number of anilines is 1. The average molecular weight is 382 g/mol. The highest BCUT2D eigenvalue weighted by Gasteiger charge is 2.11. The first-order valence-electron chi connectivity index (χ1n) is 7.45. The van der Waals surface area contributed by atoms with Crippen molar-refractivity contribution < 1.29 is 19.1 Å². The molecule has 0 saturated heterocycles. The van der Waals surface area contributed by atoms with Gasteiger partial charge < -0.3 is 14.8 Å². The number of rotatable bonds is 6. The number of hydrogen-bond donors (Lipinski definition) is 1. The maximum absolute atomic E-state index is 11.8. The first-order chi connectivity index (χ1) is 11.8. The number of amides is 1. The Morgan fingerprint density at radius 1 is 0.960 bits per heavy atom. The second kappa shape index (κ2) is 8.74. The summed E-state index contributed by atoms with van der Waals surface area (Å²) in [5.74, 6) is -0.554. The Labute approximate surface area is 155 Å². The molecule has 0 unspecified atom stereocenters. The molecule has 0 fully saturated rings. The lowest BCUT2D eigenvalue weighted by Gasteiger charge is -2.10. The highest BCUT2D eigenvalue weighted by Crippen LogP contribution is 2.22. The fraction of sp³-hybridized carbons (Fsp3) is 0.222. The van der Waals surface area contributed by atoms with Crippen LogP contribution in [0.5, 0.6) is 5.75 Å². The number of esters is 1. The molecule has 0 atom stereocenters. The van der Waals surface area contributed by atoms with Gasteiger partial charge >= 0.3 is 5.97 Å². The van der Waals surface area contributed by atoms with Crippen molar-refractivity contribution in [3.05, 3.63) is 57.6 Å². The minimum atomic E-state index is -0.641. The maximum Gasteiger partial charge on any atom is 0.344 e. The van der Waals surface area contributed by atoms with Gasteiger partial charge in [0, 0.05) is 15.7 Å². The van der Waals surface area contributed by atoms with E-state index in [0.29, 0.717) is 21.5 Å².